The van der Waals surface area contributed by atoms with Gasteiger partial charge in [0.2, 0.25) is 0 Å². The summed E-state index contributed by atoms with van der Waals surface area (Å²) in [6.07, 6.45) is 3.94. The third-order valence-electron chi connectivity index (χ3n) is 3.14. The van der Waals surface area contributed by atoms with E-state index in [2.05, 4.69) is 25.7 Å². The van der Waals surface area contributed by atoms with E-state index in [0.29, 0.717) is 0 Å². The van der Waals surface area contributed by atoms with Crippen LogP contribution >= 0.6 is 0 Å². The minimum Gasteiger partial charge on any atom is -0.379 e. The Balaban J connectivity index is 2.02. The smallest absolute Gasteiger partial charge is 0.0935 e. The van der Waals surface area contributed by atoms with Crippen LogP contribution in [0.25, 0.3) is 0 Å². The molecule has 17 heavy (non-hydrogen) atoms. The molecule has 1 atom stereocenters. The first-order valence-electron chi connectivity index (χ1n) is 7.14. The standard InChI is InChI=1S/C14H29NO2/c1-4-7-15-8-10-17-14(11-15)12-16-9-5-6-13(2)3/h13-14H,4-12H2,1-3H3/t14-/m1/s1. The Bertz CT molecular complexity index is 183. The fourth-order valence-corrected chi connectivity index (χ4v) is 2.21. The lowest BCUT2D eigenvalue weighted by atomic mass is 10.1. The van der Waals surface area contributed by atoms with Crippen molar-refractivity contribution in [2.45, 2.75) is 46.1 Å². The summed E-state index contributed by atoms with van der Waals surface area (Å²) in [5.74, 6) is 0.782. The van der Waals surface area contributed by atoms with E-state index in [4.69, 9.17) is 9.47 Å². The van der Waals surface area contributed by atoms with Crippen LogP contribution in [0.2, 0.25) is 0 Å². The number of morpholine rings is 1. The molecule has 102 valence electrons. The zero-order valence-corrected chi connectivity index (χ0v) is 11.8. The van der Waals surface area contributed by atoms with Crippen molar-refractivity contribution in [1.82, 2.24) is 4.90 Å². The van der Waals surface area contributed by atoms with Crippen LogP contribution in [0.4, 0.5) is 0 Å². The van der Waals surface area contributed by atoms with Gasteiger partial charge in [0, 0.05) is 19.7 Å². The molecule has 1 aliphatic heterocycles. The number of hydrogen-bond acceptors (Lipinski definition) is 3. The molecule has 1 fully saturated rings. The summed E-state index contributed by atoms with van der Waals surface area (Å²) in [6, 6.07) is 0. The average Bonchev–Trinajstić information content (AvgIpc) is 2.29. The summed E-state index contributed by atoms with van der Waals surface area (Å²) in [6.45, 7) is 12.6. The van der Waals surface area contributed by atoms with E-state index in [0.717, 1.165) is 38.8 Å². The maximum Gasteiger partial charge on any atom is 0.0935 e. The maximum atomic E-state index is 5.72. The molecule has 1 saturated heterocycles. The summed E-state index contributed by atoms with van der Waals surface area (Å²) >= 11 is 0. The molecular weight excluding hydrogens is 214 g/mol. The Labute approximate surface area is 106 Å². The van der Waals surface area contributed by atoms with E-state index in [1.165, 1.54) is 25.8 Å². The zero-order chi connectivity index (χ0) is 12.5. The lowest BCUT2D eigenvalue weighted by molar-refractivity contribution is -0.0694. The Hall–Kier alpha value is -0.120. The Morgan fingerprint density at radius 3 is 2.94 bits per heavy atom. The van der Waals surface area contributed by atoms with Crippen molar-refractivity contribution >= 4 is 0 Å². The van der Waals surface area contributed by atoms with Gasteiger partial charge in [-0.15, -0.1) is 0 Å². The summed E-state index contributed by atoms with van der Waals surface area (Å²) in [5.41, 5.74) is 0. The van der Waals surface area contributed by atoms with Gasteiger partial charge >= 0.3 is 0 Å². The Kier molecular flexibility index (Phi) is 7.82. The van der Waals surface area contributed by atoms with E-state index in [9.17, 15) is 0 Å². The highest BCUT2D eigenvalue weighted by atomic mass is 16.5. The molecule has 3 nitrogen and oxygen atoms in total. The van der Waals surface area contributed by atoms with Crippen molar-refractivity contribution in [2.75, 3.05) is 39.5 Å². The monoisotopic (exact) mass is 243 g/mol. The predicted molar refractivity (Wildman–Crippen MR) is 71.4 cm³/mol. The molecule has 0 aliphatic carbocycles. The molecule has 0 bridgehead atoms. The van der Waals surface area contributed by atoms with Gasteiger partial charge in [0.15, 0.2) is 0 Å². The number of ether oxygens (including phenoxy) is 2. The zero-order valence-electron chi connectivity index (χ0n) is 11.8. The van der Waals surface area contributed by atoms with E-state index >= 15 is 0 Å². The van der Waals surface area contributed by atoms with Crippen LogP contribution in [-0.4, -0.2) is 50.5 Å². The third kappa shape index (κ3) is 7.02. The minimum absolute atomic E-state index is 0.286. The summed E-state index contributed by atoms with van der Waals surface area (Å²) in [7, 11) is 0. The molecule has 0 spiro atoms. The van der Waals surface area contributed by atoms with Gasteiger partial charge in [-0.25, -0.2) is 0 Å². The molecule has 0 unspecified atom stereocenters. The molecule has 0 radical (unpaired) electrons. The van der Waals surface area contributed by atoms with Crippen molar-refractivity contribution in [1.29, 1.82) is 0 Å². The van der Waals surface area contributed by atoms with Crippen LogP contribution in [0.5, 0.6) is 0 Å². The topological polar surface area (TPSA) is 21.7 Å². The van der Waals surface area contributed by atoms with E-state index in [-0.39, 0.29) is 6.10 Å². The van der Waals surface area contributed by atoms with Crippen LogP contribution in [0.3, 0.4) is 0 Å². The summed E-state index contributed by atoms with van der Waals surface area (Å²) < 4.78 is 11.4. The number of hydrogen-bond donors (Lipinski definition) is 0. The fraction of sp³-hybridized carbons (Fsp3) is 1.00. The summed E-state index contributed by atoms with van der Waals surface area (Å²) in [4.78, 5) is 2.48. The molecule has 0 aromatic heterocycles. The highest BCUT2D eigenvalue weighted by Gasteiger charge is 2.19. The van der Waals surface area contributed by atoms with Crippen molar-refractivity contribution < 1.29 is 9.47 Å². The normalized spacial score (nSPS) is 22.2. The van der Waals surface area contributed by atoms with E-state index < -0.39 is 0 Å². The second-order valence-electron chi connectivity index (χ2n) is 5.40. The number of rotatable bonds is 8. The first kappa shape index (κ1) is 14.9. The van der Waals surface area contributed by atoms with Crippen molar-refractivity contribution in [2.24, 2.45) is 5.92 Å². The van der Waals surface area contributed by atoms with Gasteiger partial charge in [-0.1, -0.05) is 20.8 Å². The quantitative estimate of drug-likeness (QED) is 0.612. The first-order valence-corrected chi connectivity index (χ1v) is 7.14. The lowest BCUT2D eigenvalue weighted by Gasteiger charge is -2.32. The minimum atomic E-state index is 0.286. The maximum absolute atomic E-state index is 5.72. The Morgan fingerprint density at radius 1 is 1.41 bits per heavy atom. The van der Waals surface area contributed by atoms with Gasteiger partial charge in [0.25, 0.3) is 0 Å². The van der Waals surface area contributed by atoms with Gasteiger partial charge in [-0.3, -0.25) is 4.90 Å². The lowest BCUT2D eigenvalue weighted by Crippen LogP contribution is -2.44. The molecule has 3 heteroatoms. The van der Waals surface area contributed by atoms with Gasteiger partial charge < -0.3 is 9.47 Å². The molecule has 1 aliphatic rings. The first-order chi connectivity index (χ1) is 8.22. The molecule has 0 N–H and O–H groups in total. The molecule has 1 rings (SSSR count). The second kappa shape index (κ2) is 8.90. The highest BCUT2D eigenvalue weighted by Crippen LogP contribution is 2.07. The van der Waals surface area contributed by atoms with Crippen LogP contribution in [0, 0.1) is 5.92 Å². The van der Waals surface area contributed by atoms with Crippen LogP contribution in [0.15, 0.2) is 0 Å². The fourth-order valence-electron chi connectivity index (χ4n) is 2.21. The molecule has 0 aromatic carbocycles. The summed E-state index contributed by atoms with van der Waals surface area (Å²) in [5, 5.41) is 0. The van der Waals surface area contributed by atoms with Crippen LogP contribution < -0.4 is 0 Å². The number of nitrogens with zero attached hydrogens (tertiary/aromatic N) is 1. The third-order valence-corrected chi connectivity index (χ3v) is 3.14. The second-order valence-corrected chi connectivity index (χ2v) is 5.40. The largest absolute Gasteiger partial charge is 0.379 e. The van der Waals surface area contributed by atoms with Gasteiger partial charge in [-0.2, -0.15) is 0 Å². The molecule has 0 saturated carbocycles. The van der Waals surface area contributed by atoms with Crippen molar-refractivity contribution in [3.63, 3.8) is 0 Å². The van der Waals surface area contributed by atoms with Gasteiger partial charge in [0.1, 0.15) is 0 Å². The van der Waals surface area contributed by atoms with Crippen molar-refractivity contribution in [3.05, 3.63) is 0 Å². The molecule has 0 aromatic rings. The van der Waals surface area contributed by atoms with Gasteiger partial charge in [-0.05, 0) is 31.7 Å². The average molecular weight is 243 g/mol. The van der Waals surface area contributed by atoms with E-state index in [1.807, 2.05) is 0 Å². The van der Waals surface area contributed by atoms with Crippen LogP contribution in [0.1, 0.15) is 40.0 Å². The molecular formula is C14H29NO2. The highest BCUT2D eigenvalue weighted by molar-refractivity contribution is 4.70. The SMILES string of the molecule is CCCN1CCO[C@@H](COCCCC(C)C)C1. The molecule has 1 heterocycles. The predicted octanol–water partition coefficient (Wildman–Crippen LogP) is 2.55. The van der Waals surface area contributed by atoms with E-state index in [1.54, 1.807) is 0 Å². The van der Waals surface area contributed by atoms with Gasteiger partial charge in [0.05, 0.1) is 19.3 Å². The molecule has 0 amide bonds. The van der Waals surface area contributed by atoms with Crippen LogP contribution in [-0.2, 0) is 9.47 Å². The van der Waals surface area contributed by atoms with Crippen molar-refractivity contribution in [3.8, 4) is 0 Å². The Morgan fingerprint density at radius 2 is 2.24 bits per heavy atom.